The lowest BCUT2D eigenvalue weighted by atomic mass is 10.1. The summed E-state index contributed by atoms with van der Waals surface area (Å²) in [5.74, 6) is 0.492. The third-order valence-electron chi connectivity index (χ3n) is 3.37. The highest BCUT2D eigenvalue weighted by Crippen LogP contribution is 2.23. The fraction of sp³-hybridized carbons (Fsp3) is 0.909. The maximum atomic E-state index is 12.2. The highest BCUT2D eigenvalue weighted by molar-refractivity contribution is 5.81. The average Bonchev–Trinajstić information content (AvgIpc) is 2.71. The normalized spacial score (nSPS) is 35.4. The molecule has 0 bridgehead atoms. The minimum atomic E-state index is -0.410. The van der Waals surface area contributed by atoms with Crippen LogP contribution in [0.15, 0.2) is 0 Å². The molecule has 16 heavy (non-hydrogen) atoms. The Kier molecular flexibility index (Phi) is 3.78. The number of rotatable bonds is 2. The molecule has 92 valence electrons. The molecular formula is C11H20N2O3. The van der Waals surface area contributed by atoms with Gasteiger partial charge >= 0.3 is 0 Å². The van der Waals surface area contributed by atoms with Gasteiger partial charge in [0.15, 0.2) is 6.10 Å². The van der Waals surface area contributed by atoms with E-state index in [1.807, 2.05) is 4.90 Å². The van der Waals surface area contributed by atoms with Crippen molar-refractivity contribution in [3.8, 4) is 0 Å². The van der Waals surface area contributed by atoms with E-state index >= 15 is 0 Å². The summed E-state index contributed by atoms with van der Waals surface area (Å²) in [5, 5.41) is 0. The van der Waals surface area contributed by atoms with Gasteiger partial charge in [0.05, 0.1) is 19.8 Å². The number of carbonyl (C=O) groups is 1. The first-order chi connectivity index (χ1) is 7.72. The van der Waals surface area contributed by atoms with Gasteiger partial charge < -0.3 is 20.1 Å². The standard InChI is InChI=1S/C11H20N2O3/c1-8-4-9(5-12)6-13(8)11(14)10-7-15-2-3-16-10/h8-10H,2-7,12H2,1H3. The van der Waals surface area contributed by atoms with E-state index in [9.17, 15) is 4.79 Å². The second-order valence-electron chi connectivity index (χ2n) is 4.61. The van der Waals surface area contributed by atoms with Gasteiger partial charge in [-0.25, -0.2) is 0 Å². The first kappa shape index (κ1) is 11.8. The van der Waals surface area contributed by atoms with Crippen LogP contribution in [-0.4, -0.2) is 55.9 Å². The largest absolute Gasteiger partial charge is 0.376 e. The molecule has 2 saturated heterocycles. The molecule has 0 aromatic carbocycles. The number of nitrogens with two attached hydrogens (primary N) is 1. The number of hydrogen-bond acceptors (Lipinski definition) is 4. The van der Waals surface area contributed by atoms with Crippen molar-refractivity contribution < 1.29 is 14.3 Å². The van der Waals surface area contributed by atoms with E-state index in [2.05, 4.69) is 6.92 Å². The van der Waals surface area contributed by atoms with Crippen molar-refractivity contribution in [3.63, 3.8) is 0 Å². The molecule has 0 saturated carbocycles. The molecule has 0 radical (unpaired) electrons. The zero-order valence-electron chi connectivity index (χ0n) is 9.72. The molecular weight excluding hydrogens is 208 g/mol. The van der Waals surface area contributed by atoms with Gasteiger partial charge in [-0.1, -0.05) is 0 Å². The molecule has 2 rings (SSSR count). The van der Waals surface area contributed by atoms with E-state index in [-0.39, 0.29) is 11.9 Å². The van der Waals surface area contributed by atoms with Crippen LogP contribution in [0.1, 0.15) is 13.3 Å². The van der Waals surface area contributed by atoms with Crippen LogP contribution in [0, 0.1) is 5.92 Å². The minimum absolute atomic E-state index is 0.0585. The van der Waals surface area contributed by atoms with Gasteiger partial charge in [-0.05, 0) is 25.8 Å². The van der Waals surface area contributed by atoms with Crippen LogP contribution in [0.3, 0.4) is 0 Å². The molecule has 5 heteroatoms. The van der Waals surface area contributed by atoms with Crippen molar-refractivity contribution in [2.24, 2.45) is 11.7 Å². The summed E-state index contributed by atoms with van der Waals surface area (Å²) < 4.78 is 10.7. The van der Waals surface area contributed by atoms with Crippen LogP contribution in [-0.2, 0) is 14.3 Å². The quantitative estimate of drug-likeness (QED) is 0.698. The molecule has 2 aliphatic rings. The number of carbonyl (C=O) groups excluding carboxylic acids is 1. The molecule has 2 aliphatic heterocycles. The fourth-order valence-electron chi connectivity index (χ4n) is 2.44. The topological polar surface area (TPSA) is 64.8 Å². The van der Waals surface area contributed by atoms with E-state index in [4.69, 9.17) is 15.2 Å². The van der Waals surface area contributed by atoms with Crippen molar-refractivity contribution in [2.45, 2.75) is 25.5 Å². The molecule has 3 atom stereocenters. The fourth-order valence-corrected chi connectivity index (χ4v) is 2.44. The van der Waals surface area contributed by atoms with E-state index in [1.54, 1.807) is 0 Å². The predicted octanol–water partition coefficient (Wildman–Crippen LogP) is -0.402. The summed E-state index contributed by atoms with van der Waals surface area (Å²) >= 11 is 0. The second-order valence-corrected chi connectivity index (χ2v) is 4.61. The van der Waals surface area contributed by atoms with Crippen LogP contribution >= 0.6 is 0 Å². The lowest BCUT2D eigenvalue weighted by molar-refractivity contribution is -0.158. The summed E-state index contributed by atoms with van der Waals surface area (Å²) in [6.07, 6.45) is 0.586. The van der Waals surface area contributed by atoms with Crippen LogP contribution in [0.4, 0.5) is 0 Å². The molecule has 2 fully saturated rings. The van der Waals surface area contributed by atoms with E-state index in [0.29, 0.717) is 32.3 Å². The van der Waals surface area contributed by atoms with Crippen molar-refractivity contribution in [2.75, 3.05) is 32.9 Å². The second kappa shape index (κ2) is 5.12. The van der Waals surface area contributed by atoms with Crippen molar-refractivity contribution in [3.05, 3.63) is 0 Å². The highest BCUT2D eigenvalue weighted by Gasteiger charge is 2.36. The maximum absolute atomic E-state index is 12.2. The minimum Gasteiger partial charge on any atom is -0.376 e. The SMILES string of the molecule is CC1CC(CN)CN1C(=O)C1COCCO1. The smallest absolute Gasteiger partial charge is 0.254 e. The van der Waals surface area contributed by atoms with Gasteiger partial charge in [0.1, 0.15) is 0 Å². The summed E-state index contributed by atoms with van der Waals surface area (Å²) in [5.41, 5.74) is 5.64. The Hall–Kier alpha value is -0.650. The monoisotopic (exact) mass is 228 g/mol. The number of ether oxygens (including phenoxy) is 2. The molecule has 1 amide bonds. The molecule has 0 aliphatic carbocycles. The third kappa shape index (κ3) is 2.36. The van der Waals surface area contributed by atoms with E-state index < -0.39 is 6.10 Å². The van der Waals surface area contributed by atoms with Gasteiger partial charge in [-0.2, -0.15) is 0 Å². The number of amides is 1. The lowest BCUT2D eigenvalue weighted by Gasteiger charge is -2.29. The maximum Gasteiger partial charge on any atom is 0.254 e. The Morgan fingerprint density at radius 2 is 2.31 bits per heavy atom. The van der Waals surface area contributed by atoms with Gasteiger partial charge in [0, 0.05) is 12.6 Å². The average molecular weight is 228 g/mol. The van der Waals surface area contributed by atoms with Gasteiger partial charge in [-0.3, -0.25) is 4.79 Å². The third-order valence-corrected chi connectivity index (χ3v) is 3.37. The van der Waals surface area contributed by atoms with E-state index in [0.717, 1.165) is 13.0 Å². The highest BCUT2D eigenvalue weighted by atomic mass is 16.6. The lowest BCUT2D eigenvalue weighted by Crippen LogP contribution is -2.46. The summed E-state index contributed by atoms with van der Waals surface area (Å²) in [6.45, 7) is 4.96. The van der Waals surface area contributed by atoms with Crippen LogP contribution in [0.2, 0.25) is 0 Å². The van der Waals surface area contributed by atoms with Gasteiger partial charge in [0.25, 0.3) is 5.91 Å². The van der Waals surface area contributed by atoms with Crippen molar-refractivity contribution in [1.29, 1.82) is 0 Å². The molecule has 3 unspecified atom stereocenters. The summed E-state index contributed by atoms with van der Waals surface area (Å²) in [6, 6.07) is 0.270. The zero-order chi connectivity index (χ0) is 11.5. The molecule has 2 N–H and O–H groups in total. The molecule has 0 aromatic rings. The Balaban J connectivity index is 1.93. The van der Waals surface area contributed by atoms with Crippen LogP contribution in [0.5, 0.6) is 0 Å². The Labute approximate surface area is 95.9 Å². The number of hydrogen-bond donors (Lipinski definition) is 1. The molecule has 5 nitrogen and oxygen atoms in total. The molecule has 2 heterocycles. The number of likely N-dealkylation sites (tertiary alicyclic amines) is 1. The first-order valence-electron chi connectivity index (χ1n) is 5.92. The van der Waals surface area contributed by atoms with Crippen molar-refractivity contribution >= 4 is 5.91 Å². The Morgan fingerprint density at radius 3 is 2.88 bits per heavy atom. The van der Waals surface area contributed by atoms with Gasteiger partial charge in [-0.15, -0.1) is 0 Å². The molecule has 0 spiro atoms. The van der Waals surface area contributed by atoms with Crippen molar-refractivity contribution in [1.82, 2.24) is 4.90 Å². The molecule has 0 aromatic heterocycles. The zero-order valence-corrected chi connectivity index (χ0v) is 9.72. The summed E-state index contributed by atoms with van der Waals surface area (Å²) in [7, 11) is 0. The summed E-state index contributed by atoms with van der Waals surface area (Å²) in [4.78, 5) is 14.0. The first-order valence-corrected chi connectivity index (χ1v) is 5.92. The van der Waals surface area contributed by atoms with Crippen LogP contribution < -0.4 is 5.73 Å². The Bertz CT molecular complexity index is 254. The van der Waals surface area contributed by atoms with Crippen LogP contribution in [0.25, 0.3) is 0 Å². The Morgan fingerprint density at radius 1 is 1.50 bits per heavy atom. The van der Waals surface area contributed by atoms with Gasteiger partial charge in [0.2, 0.25) is 0 Å². The number of nitrogens with zero attached hydrogens (tertiary/aromatic N) is 1. The van der Waals surface area contributed by atoms with E-state index in [1.165, 1.54) is 0 Å². The predicted molar refractivity (Wildman–Crippen MR) is 58.9 cm³/mol.